The van der Waals surface area contributed by atoms with E-state index < -0.39 is 5.97 Å². The lowest BCUT2D eigenvalue weighted by atomic mass is 9.97. The first-order valence-corrected chi connectivity index (χ1v) is 10.3. The zero-order chi connectivity index (χ0) is 20.6. The van der Waals surface area contributed by atoms with Crippen molar-refractivity contribution >= 4 is 35.2 Å². The highest BCUT2D eigenvalue weighted by Gasteiger charge is 2.26. The number of nitrogens with zero attached hydrogens (tertiary/aromatic N) is 2. The maximum Gasteiger partial charge on any atom is 0.357 e. The van der Waals surface area contributed by atoms with Gasteiger partial charge in [-0.25, -0.2) is 9.78 Å². The van der Waals surface area contributed by atoms with Crippen LogP contribution >= 0.6 is 11.3 Å². The summed E-state index contributed by atoms with van der Waals surface area (Å²) in [6.45, 7) is 3.22. The summed E-state index contributed by atoms with van der Waals surface area (Å²) in [6, 6.07) is 3.46. The second kappa shape index (κ2) is 10.0. The van der Waals surface area contributed by atoms with Crippen LogP contribution in [0.1, 0.15) is 46.9 Å². The molecule has 8 nitrogen and oxygen atoms in total. The maximum absolute atomic E-state index is 12.3. The van der Waals surface area contributed by atoms with Crippen LogP contribution in [0.15, 0.2) is 34.3 Å². The van der Waals surface area contributed by atoms with E-state index in [1.165, 1.54) is 23.7 Å². The normalized spacial score (nSPS) is 14.9. The largest absolute Gasteiger partial charge is 0.465 e. The number of esters is 1. The predicted molar refractivity (Wildman–Crippen MR) is 107 cm³/mol. The number of nitrogens with one attached hydrogen (secondary N) is 1. The quantitative estimate of drug-likeness (QED) is 0.548. The molecule has 0 radical (unpaired) electrons. The Morgan fingerprint density at radius 1 is 1.38 bits per heavy atom. The topological polar surface area (TPSA) is 102 Å². The molecule has 0 aliphatic carbocycles. The molecule has 2 amide bonds. The molecule has 0 bridgehead atoms. The fourth-order valence-electron chi connectivity index (χ4n) is 3.03. The Labute approximate surface area is 172 Å². The van der Waals surface area contributed by atoms with Gasteiger partial charge in [-0.05, 0) is 38.0 Å². The molecule has 0 saturated carbocycles. The first-order valence-electron chi connectivity index (χ1n) is 9.46. The SMILES string of the molecule is CCOC(=O)c1csc(C2CCN(C(=O)CNC(=O)C=Cc3ccco3)CC2)n1. The highest BCUT2D eigenvalue weighted by Crippen LogP contribution is 2.30. The van der Waals surface area contributed by atoms with Crippen molar-refractivity contribution in [3.8, 4) is 0 Å². The van der Waals surface area contributed by atoms with Gasteiger partial charge in [0.1, 0.15) is 5.76 Å². The molecule has 0 atom stereocenters. The second-order valence-electron chi connectivity index (χ2n) is 6.51. The molecule has 9 heteroatoms. The zero-order valence-electron chi connectivity index (χ0n) is 16.1. The lowest BCUT2D eigenvalue weighted by molar-refractivity contribution is -0.133. The highest BCUT2D eigenvalue weighted by atomic mass is 32.1. The monoisotopic (exact) mass is 417 g/mol. The first kappa shape index (κ1) is 20.8. The smallest absolute Gasteiger partial charge is 0.357 e. The molecule has 3 rings (SSSR count). The summed E-state index contributed by atoms with van der Waals surface area (Å²) in [5.74, 6) is -0.0761. The Kier molecular flexibility index (Phi) is 7.18. The van der Waals surface area contributed by atoms with Crippen LogP contribution in [-0.4, -0.2) is 53.9 Å². The third-order valence-corrected chi connectivity index (χ3v) is 5.57. The number of carbonyl (C=O) groups is 3. The van der Waals surface area contributed by atoms with E-state index in [-0.39, 0.29) is 24.3 Å². The van der Waals surface area contributed by atoms with Crippen molar-refractivity contribution in [1.29, 1.82) is 0 Å². The fourth-order valence-corrected chi connectivity index (χ4v) is 3.99. The molecule has 2 aromatic heterocycles. The summed E-state index contributed by atoms with van der Waals surface area (Å²) in [7, 11) is 0. The number of aromatic nitrogens is 1. The van der Waals surface area contributed by atoms with Gasteiger partial charge in [0.05, 0.1) is 24.4 Å². The Morgan fingerprint density at radius 2 is 2.17 bits per heavy atom. The minimum Gasteiger partial charge on any atom is -0.465 e. The average molecular weight is 417 g/mol. The molecule has 2 aromatic rings. The average Bonchev–Trinajstić information content (AvgIpc) is 3.43. The predicted octanol–water partition coefficient (Wildman–Crippen LogP) is 2.45. The molecular formula is C20H23N3O5S. The van der Waals surface area contributed by atoms with Crippen LogP contribution in [0.2, 0.25) is 0 Å². The van der Waals surface area contributed by atoms with Gasteiger partial charge in [-0.3, -0.25) is 9.59 Å². The summed E-state index contributed by atoms with van der Waals surface area (Å²) in [6.07, 6.45) is 5.95. The van der Waals surface area contributed by atoms with E-state index in [0.29, 0.717) is 31.2 Å². The van der Waals surface area contributed by atoms with Gasteiger partial charge in [0, 0.05) is 30.5 Å². The Bertz CT molecular complexity index is 867. The lowest BCUT2D eigenvalue weighted by Gasteiger charge is -2.31. The first-order chi connectivity index (χ1) is 14.1. The van der Waals surface area contributed by atoms with Crippen molar-refractivity contribution < 1.29 is 23.5 Å². The van der Waals surface area contributed by atoms with E-state index in [9.17, 15) is 14.4 Å². The minimum absolute atomic E-state index is 0.0454. The van der Waals surface area contributed by atoms with Gasteiger partial charge in [-0.1, -0.05) is 0 Å². The van der Waals surface area contributed by atoms with E-state index in [1.807, 2.05) is 0 Å². The minimum atomic E-state index is -0.403. The molecule has 1 fully saturated rings. The number of likely N-dealkylation sites (tertiary alicyclic amines) is 1. The van der Waals surface area contributed by atoms with Crippen LogP contribution in [0.5, 0.6) is 0 Å². The number of amides is 2. The number of piperidine rings is 1. The molecule has 0 unspecified atom stereocenters. The van der Waals surface area contributed by atoms with Gasteiger partial charge in [0.25, 0.3) is 0 Å². The highest BCUT2D eigenvalue weighted by molar-refractivity contribution is 7.09. The molecular weight excluding hydrogens is 394 g/mol. The van der Waals surface area contributed by atoms with Crippen molar-refractivity contribution in [3.63, 3.8) is 0 Å². The summed E-state index contributed by atoms with van der Waals surface area (Å²) in [5, 5.41) is 5.21. The van der Waals surface area contributed by atoms with Gasteiger partial charge in [0.15, 0.2) is 5.69 Å². The van der Waals surface area contributed by atoms with E-state index >= 15 is 0 Å². The molecule has 29 heavy (non-hydrogen) atoms. The molecule has 0 spiro atoms. The second-order valence-corrected chi connectivity index (χ2v) is 7.40. The maximum atomic E-state index is 12.3. The van der Waals surface area contributed by atoms with E-state index in [0.717, 1.165) is 17.8 Å². The Hall–Kier alpha value is -2.94. The Balaban J connectivity index is 1.42. The van der Waals surface area contributed by atoms with Gasteiger partial charge >= 0.3 is 5.97 Å². The fraction of sp³-hybridized carbons (Fsp3) is 0.400. The van der Waals surface area contributed by atoms with Crippen LogP contribution in [0.3, 0.4) is 0 Å². The molecule has 3 heterocycles. The number of thiazole rings is 1. The zero-order valence-corrected chi connectivity index (χ0v) is 16.9. The molecule has 1 N–H and O–H groups in total. The number of furan rings is 1. The molecule has 1 aliphatic rings. The van der Waals surface area contributed by atoms with Crippen molar-refractivity contribution in [1.82, 2.24) is 15.2 Å². The van der Waals surface area contributed by atoms with Gasteiger partial charge < -0.3 is 19.4 Å². The van der Waals surface area contributed by atoms with Gasteiger partial charge in [-0.15, -0.1) is 11.3 Å². The van der Waals surface area contributed by atoms with Crippen molar-refractivity contribution in [2.24, 2.45) is 0 Å². The number of rotatable bonds is 7. The van der Waals surface area contributed by atoms with Crippen LogP contribution < -0.4 is 5.32 Å². The summed E-state index contributed by atoms with van der Waals surface area (Å²) >= 11 is 1.45. The van der Waals surface area contributed by atoms with Crippen LogP contribution in [0.4, 0.5) is 0 Å². The summed E-state index contributed by atoms with van der Waals surface area (Å²) < 4.78 is 10.1. The van der Waals surface area contributed by atoms with Gasteiger partial charge in [-0.2, -0.15) is 0 Å². The van der Waals surface area contributed by atoms with E-state index in [4.69, 9.17) is 9.15 Å². The number of ether oxygens (including phenoxy) is 1. The molecule has 0 aromatic carbocycles. The summed E-state index contributed by atoms with van der Waals surface area (Å²) in [4.78, 5) is 42.0. The Morgan fingerprint density at radius 3 is 2.86 bits per heavy atom. The third kappa shape index (κ3) is 5.77. The number of hydrogen-bond donors (Lipinski definition) is 1. The van der Waals surface area contributed by atoms with Crippen molar-refractivity contribution in [2.75, 3.05) is 26.2 Å². The molecule has 1 saturated heterocycles. The van der Waals surface area contributed by atoms with E-state index in [1.54, 1.807) is 35.4 Å². The van der Waals surface area contributed by atoms with Crippen molar-refractivity contribution in [2.45, 2.75) is 25.7 Å². The standard InChI is InChI=1S/C20H23N3O5S/c1-2-27-20(26)16-13-29-19(22-16)14-7-9-23(10-8-14)18(25)12-21-17(24)6-5-15-4-3-11-28-15/h3-6,11,13-14H,2,7-10,12H2,1H3,(H,21,24). The summed E-state index contributed by atoms with van der Waals surface area (Å²) in [5.41, 5.74) is 0.343. The van der Waals surface area contributed by atoms with Crippen LogP contribution in [-0.2, 0) is 14.3 Å². The van der Waals surface area contributed by atoms with Gasteiger partial charge in [0.2, 0.25) is 11.8 Å². The molecule has 154 valence electrons. The number of hydrogen-bond acceptors (Lipinski definition) is 7. The third-order valence-electron chi connectivity index (χ3n) is 4.56. The van der Waals surface area contributed by atoms with Crippen LogP contribution in [0, 0.1) is 0 Å². The number of carbonyl (C=O) groups excluding carboxylic acids is 3. The van der Waals surface area contributed by atoms with Crippen LogP contribution in [0.25, 0.3) is 6.08 Å². The lowest BCUT2D eigenvalue weighted by Crippen LogP contribution is -2.43. The van der Waals surface area contributed by atoms with E-state index in [2.05, 4.69) is 10.3 Å². The molecule has 1 aliphatic heterocycles. The van der Waals surface area contributed by atoms with Crippen molar-refractivity contribution in [3.05, 3.63) is 46.3 Å².